The lowest BCUT2D eigenvalue weighted by Crippen LogP contribution is -2.53. The normalized spacial score (nSPS) is 15.3. The number of aliphatic hydroxyl groups is 1. The highest BCUT2D eigenvalue weighted by atomic mass is 19.4. The zero-order valence-corrected chi connectivity index (χ0v) is 20.8. The predicted octanol–water partition coefficient (Wildman–Crippen LogP) is 5.69. The average Bonchev–Trinajstić information content (AvgIpc) is 2.91. The highest BCUT2D eigenvalue weighted by Gasteiger charge is 2.71. The molecule has 0 atom stereocenters. The Morgan fingerprint density at radius 1 is 0.718 bits per heavy atom. The number of nitrogens with zero attached hydrogens (tertiary/aromatic N) is 2. The molecule has 0 bridgehead atoms. The first-order valence-corrected chi connectivity index (χ1v) is 12.2. The van der Waals surface area contributed by atoms with E-state index in [1.165, 1.54) is 0 Å². The first-order chi connectivity index (χ1) is 18.4. The Bertz CT molecular complexity index is 1220. The number of nitrogens with one attached hydrogen (secondary N) is 1. The van der Waals surface area contributed by atoms with E-state index in [-0.39, 0.29) is 6.03 Å². The molecule has 1 fully saturated rings. The second-order valence-corrected chi connectivity index (χ2v) is 9.39. The van der Waals surface area contributed by atoms with Gasteiger partial charge in [-0.05, 0) is 22.3 Å². The lowest BCUT2D eigenvalue weighted by Gasteiger charge is -2.34. The zero-order valence-electron chi connectivity index (χ0n) is 20.8. The van der Waals surface area contributed by atoms with Crippen LogP contribution in [-0.2, 0) is 18.7 Å². The minimum absolute atomic E-state index is 0.113. The van der Waals surface area contributed by atoms with Gasteiger partial charge in [0.05, 0.1) is 0 Å². The molecule has 3 aromatic carbocycles. The first-order valence-electron chi connectivity index (χ1n) is 12.2. The Morgan fingerprint density at radius 3 is 1.74 bits per heavy atom. The van der Waals surface area contributed by atoms with Gasteiger partial charge in [0, 0.05) is 44.8 Å². The lowest BCUT2D eigenvalue weighted by molar-refractivity contribution is -0.376. The molecule has 1 aliphatic rings. The fourth-order valence-electron chi connectivity index (χ4n) is 4.45. The van der Waals surface area contributed by atoms with Crippen molar-refractivity contribution in [1.29, 1.82) is 0 Å². The minimum atomic E-state index is -5.92. The summed E-state index contributed by atoms with van der Waals surface area (Å²) in [6.45, 7) is 3.61. The number of benzene rings is 3. The molecular formula is C28H27F6N3O2. The summed E-state index contributed by atoms with van der Waals surface area (Å²) in [5.74, 6) is 0. The minimum Gasteiger partial charge on any atom is -0.369 e. The van der Waals surface area contributed by atoms with Crippen molar-refractivity contribution in [3.63, 3.8) is 0 Å². The second kappa shape index (κ2) is 11.3. The predicted molar refractivity (Wildman–Crippen MR) is 133 cm³/mol. The summed E-state index contributed by atoms with van der Waals surface area (Å²) in [6, 6.07) is 20.2. The molecule has 1 aliphatic heterocycles. The molecule has 0 saturated carbocycles. The van der Waals surface area contributed by atoms with Crippen LogP contribution >= 0.6 is 0 Å². The van der Waals surface area contributed by atoms with Crippen LogP contribution in [0.4, 0.5) is 31.1 Å². The van der Waals surface area contributed by atoms with Gasteiger partial charge in [0.1, 0.15) is 0 Å². The van der Waals surface area contributed by atoms with Gasteiger partial charge < -0.3 is 15.3 Å². The molecule has 0 radical (unpaired) electrons. The van der Waals surface area contributed by atoms with Crippen LogP contribution in [0.1, 0.15) is 16.7 Å². The van der Waals surface area contributed by atoms with Gasteiger partial charge in [0.25, 0.3) is 5.60 Å². The van der Waals surface area contributed by atoms with E-state index in [4.69, 9.17) is 0 Å². The summed E-state index contributed by atoms with van der Waals surface area (Å²) in [7, 11) is 0. The Hall–Kier alpha value is -3.57. The third kappa shape index (κ3) is 6.36. The molecule has 3 aromatic rings. The van der Waals surface area contributed by atoms with Gasteiger partial charge in [-0.15, -0.1) is 0 Å². The molecule has 1 saturated heterocycles. The van der Waals surface area contributed by atoms with Crippen LogP contribution in [0.25, 0.3) is 11.1 Å². The number of carbonyl (C=O) groups excluding carboxylic acids is 1. The molecule has 1 heterocycles. The Labute approximate surface area is 221 Å². The van der Waals surface area contributed by atoms with Crippen molar-refractivity contribution in [2.75, 3.05) is 26.2 Å². The number of alkyl halides is 6. The van der Waals surface area contributed by atoms with Crippen LogP contribution in [0, 0.1) is 0 Å². The molecule has 11 heteroatoms. The van der Waals surface area contributed by atoms with Crippen LogP contribution < -0.4 is 5.32 Å². The van der Waals surface area contributed by atoms with Crippen molar-refractivity contribution < 1.29 is 36.2 Å². The van der Waals surface area contributed by atoms with Gasteiger partial charge in [-0.2, -0.15) is 26.3 Å². The number of carbonyl (C=O) groups is 1. The maximum atomic E-state index is 13.1. The summed E-state index contributed by atoms with van der Waals surface area (Å²) in [6.07, 6.45) is -11.8. The van der Waals surface area contributed by atoms with Crippen molar-refractivity contribution in [3.05, 3.63) is 95.6 Å². The summed E-state index contributed by atoms with van der Waals surface area (Å²) in [5, 5.41) is 12.5. The third-order valence-electron chi connectivity index (χ3n) is 6.76. The number of halogens is 6. The van der Waals surface area contributed by atoms with Gasteiger partial charge >= 0.3 is 18.4 Å². The summed E-state index contributed by atoms with van der Waals surface area (Å²) in [4.78, 5) is 16.4. The molecule has 2 amide bonds. The molecule has 0 unspecified atom stereocenters. The molecule has 0 spiro atoms. The van der Waals surface area contributed by atoms with Gasteiger partial charge in [0.15, 0.2) is 0 Å². The van der Waals surface area contributed by atoms with Crippen LogP contribution in [0.15, 0.2) is 78.9 Å². The van der Waals surface area contributed by atoms with E-state index in [9.17, 15) is 36.2 Å². The van der Waals surface area contributed by atoms with Gasteiger partial charge in [-0.1, -0.05) is 78.9 Å². The third-order valence-corrected chi connectivity index (χ3v) is 6.76. The standard InChI is InChI=1S/C28H27F6N3O2/c29-27(30,31)26(39,28(32,33)34)24-12-10-23(11-13-24)22-8-6-21(7-9-22)19-36-14-16-37(17-15-36)25(38)35-18-20-4-2-1-3-5-20/h1-13,39H,14-19H2,(H,35,38). The summed E-state index contributed by atoms with van der Waals surface area (Å²) in [5.41, 5.74) is -3.24. The van der Waals surface area contributed by atoms with Gasteiger partial charge in [0.2, 0.25) is 0 Å². The molecule has 39 heavy (non-hydrogen) atoms. The lowest BCUT2D eigenvalue weighted by atomic mass is 9.90. The Balaban J connectivity index is 1.31. The molecule has 0 aromatic heterocycles. The maximum Gasteiger partial charge on any atom is 0.430 e. The summed E-state index contributed by atoms with van der Waals surface area (Å²) >= 11 is 0. The van der Waals surface area contributed by atoms with E-state index in [1.54, 1.807) is 17.0 Å². The van der Waals surface area contributed by atoms with Crippen LogP contribution in [0.3, 0.4) is 0 Å². The van der Waals surface area contributed by atoms with E-state index >= 15 is 0 Å². The molecule has 208 valence electrons. The zero-order chi connectivity index (χ0) is 28.3. The maximum absolute atomic E-state index is 13.1. The van der Waals surface area contributed by atoms with Crippen molar-refractivity contribution in [3.8, 4) is 11.1 Å². The van der Waals surface area contributed by atoms with Crippen molar-refractivity contribution in [2.24, 2.45) is 0 Å². The fourth-order valence-corrected chi connectivity index (χ4v) is 4.45. The average molecular weight is 552 g/mol. The van der Waals surface area contributed by atoms with Gasteiger partial charge in [-0.3, -0.25) is 4.90 Å². The molecule has 0 aliphatic carbocycles. The number of hydrogen-bond acceptors (Lipinski definition) is 3. The van der Waals surface area contributed by atoms with Crippen molar-refractivity contribution >= 4 is 6.03 Å². The van der Waals surface area contributed by atoms with Crippen molar-refractivity contribution in [2.45, 2.75) is 31.0 Å². The van der Waals surface area contributed by atoms with E-state index in [2.05, 4.69) is 10.2 Å². The highest BCUT2D eigenvalue weighted by Crippen LogP contribution is 2.50. The van der Waals surface area contributed by atoms with Gasteiger partial charge in [-0.25, -0.2) is 4.79 Å². The quantitative estimate of drug-likeness (QED) is 0.387. The highest BCUT2D eigenvalue weighted by molar-refractivity contribution is 5.74. The van der Waals surface area contributed by atoms with E-state index in [1.807, 2.05) is 42.5 Å². The second-order valence-electron chi connectivity index (χ2n) is 9.39. The van der Waals surface area contributed by atoms with E-state index in [0.29, 0.717) is 62.5 Å². The monoisotopic (exact) mass is 551 g/mol. The van der Waals surface area contributed by atoms with Crippen LogP contribution in [-0.4, -0.2) is 59.5 Å². The number of urea groups is 1. The van der Waals surface area contributed by atoms with E-state index < -0.39 is 23.5 Å². The molecule has 4 rings (SSSR count). The summed E-state index contributed by atoms with van der Waals surface area (Å²) < 4.78 is 78.7. The number of rotatable bonds is 6. The molecule has 5 nitrogen and oxygen atoms in total. The number of piperazine rings is 1. The molecule has 2 N–H and O–H groups in total. The van der Waals surface area contributed by atoms with E-state index in [0.717, 1.165) is 23.3 Å². The first kappa shape index (κ1) is 28.4. The largest absolute Gasteiger partial charge is 0.430 e. The number of hydrogen-bond donors (Lipinski definition) is 2. The van der Waals surface area contributed by atoms with Crippen LogP contribution in [0.5, 0.6) is 0 Å². The smallest absolute Gasteiger partial charge is 0.369 e. The Kier molecular flexibility index (Phi) is 8.22. The fraction of sp³-hybridized carbons (Fsp3) is 0.321. The SMILES string of the molecule is O=C(NCc1ccccc1)N1CCN(Cc2ccc(-c3ccc(C(O)(C(F)(F)F)C(F)(F)F)cc3)cc2)CC1. The Morgan fingerprint density at radius 2 is 1.23 bits per heavy atom. The van der Waals surface area contributed by atoms with Crippen LogP contribution in [0.2, 0.25) is 0 Å². The number of amides is 2. The van der Waals surface area contributed by atoms with Crippen molar-refractivity contribution in [1.82, 2.24) is 15.1 Å². The topological polar surface area (TPSA) is 55.8 Å². The molecular weight excluding hydrogens is 524 g/mol.